The van der Waals surface area contributed by atoms with E-state index in [1.165, 1.54) is 4.90 Å². The SMILES string of the molecule is CC[NH+](CC)C[C@@H](C)OC(=O)c1ccc(OC)cc1. The molecule has 0 aromatic heterocycles. The molecule has 4 heteroatoms. The predicted octanol–water partition coefficient (Wildman–Crippen LogP) is 1.17. The van der Waals surface area contributed by atoms with Crippen LogP contribution in [0.2, 0.25) is 0 Å². The van der Waals surface area contributed by atoms with E-state index in [-0.39, 0.29) is 12.1 Å². The molecule has 1 rings (SSSR count). The van der Waals surface area contributed by atoms with Crippen molar-refractivity contribution in [3.63, 3.8) is 0 Å². The van der Waals surface area contributed by atoms with Gasteiger partial charge in [-0.15, -0.1) is 0 Å². The molecule has 1 aromatic rings. The summed E-state index contributed by atoms with van der Waals surface area (Å²) >= 11 is 0. The molecule has 0 fully saturated rings. The fraction of sp³-hybridized carbons (Fsp3) is 0.533. The highest BCUT2D eigenvalue weighted by Gasteiger charge is 2.16. The highest BCUT2D eigenvalue weighted by molar-refractivity contribution is 5.89. The second kappa shape index (κ2) is 7.79. The summed E-state index contributed by atoms with van der Waals surface area (Å²) in [5.74, 6) is 0.457. The van der Waals surface area contributed by atoms with Crippen LogP contribution in [0.5, 0.6) is 5.75 Å². The third kappa shape index (κ3) is 4.91. The number of methoxy groups -OCH3 is 1. The number of carbonyl (C=O) groups excluding carboxylic acids is 1. The monoisotopic (exact) mass is 266 g/mol. The normalized spacial score (nSPS) is 12.3. The Balaban J connectivity index is 2.53. The molecule has 0 unspecified atom stereocenters. The molecule has 1 N–H and O–H groups in total. The van der Waals surface area contributed by atoms with Crippen molar-refractivity contribution < 1.29 is 19.2 Å². The molecule has 1 atom stereocenters. The van der Waals surface area contributed by atoms with Crippen molar-refractivity contribution in [3.05, 3.63) is 29.8 Å². The number of hydrogen-bond acceptors (Lipinski definition) is 3. The fourth-order valence-corrected chi connectivity index (χ4v) is 1.96. The molecule has 0 amide bonds. The van der Waals surface area contributed by atoms with Gasteiger partial charge in [0.05, 0.1) is 25.8 Å². The van der Waals surface area contributed by atoms with Crippen molar-refractivity contribution >= 4 is 5.97 Å². The van der Waals surface area contributed by atoms with Crippen LogP contribution in [-0.2, 0) is 4.74 Å². The van der Waals surface area contributed by atoms with Gasteiger partial charge < -0.3 is 14.4 Å². The Morgan fingerprint density at radius 2 is 1.79 bits per heavy atom. The Morgan fingerprint density at radius 1 is 1.21 bits per heavy atom. The summed E-state index contributed by atoms with van der Waals surface area (Å²) in [6, 6.07) is 6.96. The molecule has 0 radical (unpaired) electrons. The highest BCUT2D eigenvalue weighted by atomic mass is 16.5. The van der Waals surface area contributed by atoms with E-state index < -0.39 is 0 Å². The van der Waals surface area contributed by atoms with Gasteiger partial charge in [-0.3, -0.25) is 0 Å². The van der Waals surface area contributed by atoms with Crippen LogP contribution in [0.25, 0.3) is 0 Å². The molecule has 0 spiro atoms. The zero-order valence-corrected chi connectivity index (χ0v) is 12.2. The average Bonchev–Trinajstić information content (AvgIpc) is 2.44. The number of benzene rings is 1. The number of hydrogen-bond donors (Lipinski definition) is 1. The molecule has 106 valence electrons. The Bertz CT molecular complexity index is 385. The van der Waals surface area contributed by atoms with Gasteiger partial charge in [0.1, 0.15) is 18.4 Å². The van der Waals surface area contributed by atoms with Crippen LogP contribution in [0.4, 0.5) is 0 Å². The lowest BCUT2D eigenvalue weighted by Gasteiger charge is -2.20. The van der Waals surface area contributed by atoms with Gasteiger partial charge in [0.15, 0.2) is 0 Å². The molecular formula is C15H24NO3+. The third-order valence-electron chi connectivity index (χ3n) is 3.21. The van der Waals surface area contributed by atoms with E-state index >= 15 is 0 Å². The van der Waals surface area contributed by atoms with Gasteiger partial charge in [0, 0.05) is 0 Å². The lowest BCUT2D eigenvalue weighted by molar-refractivity contribution is -0.899. The summed E-state index contributed by atoms with van der Waals surface area (Å²) in [5.41, 5.74) is 0.558. The number of rotatable bonds is 7. The van der Waals surface area contributed by atoms with Gasteiger partial charge in [-0.1, -0.05) is 0 Å². The number of quaternary nitrogens is 1. The zero-order chi connectivity index (χ0) is 14.3. The number of carbonyl (C=O) groups is 1. The summed E-state index contributed by atoms with van der Waals surface area (Å²) in [7, 11) is 1.60. The lowest BCUT2D eigenvalue weighted by atomic mass is 10.2. The summed E-state index contributed by atoms with van der Waals surface area (Å²) in [5, 5.41) is 0. The van der Waals surface area contributed by atoms with Crippen molar-refractivity contribution in [1.82, 2.24) is 0 Å². The number of ether oxygens (including phenoxy) is 2. The van der Waals surface area contributed by atoms with Gasteiger partial charge in [-0.2, -0.15) is 0 Å². The molecule has 4 nitrogen and oxygen atoms in total. The van der Waals surface area contributed by atoms with E-state index in [2.05, 4.69) is 13.8 Å². The first kappa shape index (κ1) is 15.5. The second-order valence-electron chi connectivity index (χ2n) is 4.61. The average molecular weight is 266 g/mol. The van der Waals surface area contributed by atoms with Crippen LogP contribution in [0.15, 0.2) is 24.3 Å². The van der Waals surface area contributed by atoms with Crippen LogP contribution in [0.3, 0.4) is 0 Å². The lowest BCUT2D eigenvalue weighted by Crippen LogP contribution is -3.12. The van der Waals surface area contributed by atoms with Crippen molar-refractivity contribution in [2.45, 2.75) is 26.9 Å². The quantitative estimate of drug-likeness (QED) is 0.753. The Kier molecular flexibility index (Phi) is 6.36. The molecule has 0 saturated heterocycles. The molecular weight excluding hydrogens is 242 g/mol. The van der Waals surface area contributed by atoms with Gasteiger partial charge in [-0.05, 0) is 45.0 Å². The van der Waals surface area contributed by atoms with E-state index in [1.807, 2.05) is 6.92 Å². The smallest absolute Gasteiger partial charge is 0.338 e. The largest absolute Gasteiger partial charge is 0.497 e. The summed E-state index contributed by atoms with van der Waals surface area (Å²) < 4.78 is 10.5. The predicted molar refractivity (Wildman–Crippen MR) is 74.8 cm³/mol. The van der Waals surface area contributed by atoms with Crippen molar-refractivity contribution in [3.8, 4) is 5.75 Å². The molecule has 0 aliphatic rings. The van der Waals surface area contributed by atoms with E-state index in [1.54, 1.807) is 31.4 Å². The summed E-state index contributed by atoms with van der Waals surface area (Å²) in [6.45, 7) is 9.14. The first-order chi connectivity index (χ1) is 9.10. The summed E-state index contributed by atoms with van der Waals surface area (Å²) in [4.78, 5) is 13.4. The maximum atomic E-state index is 11.9. The molecule has 0 bridgehead atoms. The first-order valence-electron chi connectivity index (χ1n) is 6.79. The van der Waals surface area contributed by atoms with Crippen LogP contribution < -0.4 is 9.64 Å². The molecule has 0 heterocycles. The molecule has 1 aromatic carbocycles. The fourth-order valence-electron chi connectivity index (χ4n) is 1.96. The van der Waals surface area contributed by atoms with Gasteiger partial charge in [-0.25, -0.2) is 4.79 Å². The van der Waals surface area contributed by atoms with E-state index in [0.717, 1.165) is 25.4 Å². The van der Waals surface area contributed by atoms with Crippen LogP contribution in [-0.4, -0.2) is 38.8 Å². The number of esters is 1. The third-order valence-corrected chi connectivity index (χ3v) is 3.21. The van der Waals surface area contributed by atoms with Gasteiger partial charge >= 0.3 is 5.97 Å². The standard InChI is InChI=1S/C15H23NO3/c1-5-16(6-2)11-12(3)19-15(17)13-7-9-14(18-4)10-8-13/h7-10,12H,5-6,11H2,1-4H3/p+1/t12-/m1/s1. The molecule has 19 heavy (non-hydrogen) atoms. The van der Waals surface area contributed by atoms with Gasteiger partial charge in [0.2, 0.25) is 0 Å². The van der Waals surface area contributed by atoms with Crippen LogP contribution in [0.1, 0.15) is 31.1 Å². The van der Waals surface area contributed by atoms with Gasteiger partial charge in [0.25, 0.3) is 0 Å². The Morgan fingerprint density at radius 3 is 2.26 bits per heavy atom. The van der Waals surface area contributed by atoms with Crippen LogP contribution >= 0.6 is 0 Å². The minimum atomic E-state index is -0.276. The zero-order valence-electron chi connectivity index (χ0n) is 12.2. The number of likely N-dealkylation sites (N-methyl/N-ethyl adjacent to an activating group) is 1. The molecule has 0 saturated carbocycles. The van der Waals surface area contributed by atoms with E-state index in [9.17, 15) is 4.79 Å². The molecule has 0 aliphatic heterocycles. The minimum absolute atomic E-state index is 0.0792. The Labute approximate surface area is 115 Å². The minimum Gasteiger partial charge on any atom is -0.497 e. The van der Waals surface area contributed by atoms with Crippen LogP contribution in [0, 0.1) is 0 Å². The highest BCUT2D eigenvalue weighted by Crippen LogP contribution is 2.12. The number of nitrogens with one attached hydrogen (secondary N) is 1. The Hall–Kier alpha value is -1.55. The van der Waals surface area contributed by atoms with Crippen molar-refractivity contribution in [2.24, 2.45) is 0 Å². The maximum absolute atomic E-state index is 11.9. The second-order valence-corrected chi connectivity index (χ2v) is 4.61. The summed E-state index contributed by atoms with van der Waals surface area (Å²) in [6.07, 6.45) is -0.0792. The van der Waals surface area contributed by atoms with Crippen molar-refractivity contribution in [1.29, 1.82) is 0 Å². The maximum Gasteiger partial charge on any atom is 0.338 e. The van der Waals surface area contributed by atoms with Crippen molar-refractivity contribution in [2.75, 3.05) is 26.7 Å². The van der Waals surface area contributed by atoms with E-state index in [4.69, 9.17) is 9.47 Å². The van der Waals surface area contributed by atoms with E-state index in [0.29, 0.717) is 5.56 Å². The first-order valence-corrected chi connectivity index (χ1v) is 6.79. The molecule has 0 aliphatic carbocycles. The topological polar surface area (TPSA) is 40.0 Å².